The number of halogens is 1. The van der Waals surface area contributed by atoms with Gasteiger partial charge in [-0.05, 0) is 29.7 Å². The van der Waals surface area contributed by atoms with Crippen LogP contribution in [-0.2, 0) is 11.2 Å². The van der Waals surface area contributed by atoms with Crippen LogP contribution in [0.3, 0.4) is 0 Å². The number of benzene rings is 2. The lowest BCUT2D eigenvalue weighted by atomic mass is 10.0. The van der Waals surface area contributed by atoms with E-state index in [0.29, 0.717) is 12.8 Å². The first-order valence-electron chi connectivity index (χ1n) is 6.88. The molecule has 0 bridgehead atoms. The van der Waals surface area contributed by atoms with Gasteiger partial charge in [-0.3, -0.25) is 4.79 Å². The number of rotatable bonds is 6. The molecule has 110 valence electrons. The first-order valence-corrected chi connectivity index (χ1v) is 7.68. The molecule has 21 heavy (non-hydrogen) atoms. The summed E-state index contributed by atoms with van der Waals surface area (Å²) >= 11 is 3.40. The predicted molar refractivity (Wildman–Crippen MR) is 86.9 cm³/mol. The third kappa shape index (κ3) is 4.99. The maximum Gasteiger partial charge on any atom is 0.224 e. The van der Waals surface area contributed by atoms with Gasteiger partial charge in [-0.1, -0.05) is 58.4 Å². The van der Waals surface area contributed by atoms with Crippen LogP contribution in [0.15, 0.2) is 59.1 Å². The van der Waals surface area contributed by atoms with Crippen LogP contribution in [0.1, 0.15) is 23.6 Å². The standard InChI is InChI=1S/C17H18BrNO2/c18-15-8-4-5-13(11-15)12-17(21)19-16(9-10-20)14-6-2-1-3-7-14/h1-8,11,16,20H,9-10,12H2,(H,19,21). The molecule has 0 saturated heterocycles. The van der Waals surface area contributed by atoms with Crippen LogP contribution in [0.4, 0.5) is 0 Å². The van der Waals surface area contributed by atoms with Crippen molar-refractivity contribution >= 4 is 21.8 Å². The van der Waals surface area contributed by atoms with Crippen molar-refractivity contribution in [3.05, 3.63) is 70.2 Å². The number of carbonyl (C=O) groups excluding carboxylic acids is 1. The minimum absolute atomic E-state index is 0.0384. The van der Waals surface area contributed by atoms with E-state index in [4.69, 9.17) is 0 Å². The van der Waals surface area contributed by atoms with Gasteiger partial charge in [-0.15, -0.1) is 0 Å². The molecule has 1 amide bonds. The van der Waals surface area contributed by atoms with Crippen LogP contribution in [0.2, 0.25) is 0 Å². The zero-order chi connectivity index (χ0) is 15.1. The van der Waals surface area contributed by atoms with Crippen molar-refractivity contribution in [1.29, 1.82) is 0 Å². The molecular formula is C17H18BrNO2. The van der Waals surface area contributed by atoms with Crippen LogP contribution in [0, 0.1) is 0 Å². The van der Waals surface area contributed by atoms with Gasteiger partial charge in [0.2, 0.25) is 5.91 Å². The van der Waals surface area contributed by atoms with E-state index in [-0.39, 0.29) is 18.6 Å². The number of amides is 1. The maximum absolute atomic E-state index is 12.2. The molecular weight excluding hydrogens is 330 g/mol. The van der Waals surface area contributed by atoms with Gasteiger partial charge in [-0.25, -0.2) is 0 Å². The molecule has 0 radical (unpaired) electrons. The minimum atomic E-state index is -0.157. The molecule has 0 aliphatic rings. The summed E-state index contributed by atoms with van der Waals surface area (Å²) < 4.78 is 0.961. The average molecular weight is 348 g/mol. The van der Waals surface area contributed by atoms with E-state index in [0.717, 1.165) is 15.6 Å². The van der Waals surface area contributed by atoms with Crippen molar-refractivity contribution in [2.45, 2.75) is 18.9 Å². The van der Waals surface area contributed by atoms with Crippen LogP contribution >= 0.6 is 15.9 Å². The fourth-order valence-electron chi connectivity index (χ4n) is 2.21. The zero-order valence-corrected chi connectivity index (χ0v) is 13.2. The second-order valence-corrected chi connectivity index (χ2v) is 5.77. The van der Waals surface area contributed by atoms with Gasteiger partial charge in [0.05, 0.1) is 12.5 Å². The van der Waals surface area contributed by atoms with Crippen LogP contribution in [0.25, 0.3) is 0 Å². The third-order valence-electron chi connectivity index (χ3n) is 3.21. The summed E-state index contributed by atoms with van der Waals surface area (Å²) in [4.78, 5) is 12.2. The van der Waals surface area contributed by atoms with E-state index in [1.807, 2.05) is 54.6 Å². The van der Waals surface area contributed by atoms with Gasteiger partial charge >= 0.3 is 0 Å². The Hall–Kier alpha value is -1.65. The number of hydrogen-bond donors (Lipinski definition) is 2. The van der Waals surface area contributed by atoms with Crippen molar-refractivity contribution in [2.24, 2.45) is 0 Å². The van der Waals surface area contributed by atoms with Crippen molar-refractivity contribution in [1.82, 2.24) is 5.32 Å². The van der Waals surface area contributed by atoms with E-state index in [1.54, 1.807) is 0 Å². The van der Waals surface area contributed by atoms with Gasteiger partial charge in [0.1, 0.15) is 0 Å². The molecule has 0 spiro atoms. The van der Waals surface area contributed by atoms with Crippen molar-refractivity contribution in [2.75, 3.05) is 6.61 Å². The normalized spacial score (nSPS) is 11.9. The second kappa shape index (κ2) is 7.96. The number of aliphatic hydroxyl groups excluding tert-OH is 1. The summed E-state index contributed by atoms with van der Waals surface area (Å²) in [6.45, 7) is 0.0384. The molecule has 2 N–H and O–H groups in total. The molecule has 1 unspecified atom stereocenters. The average Bonchev–Trinajstić information content (AvgIpc) is 2.47. The number of hydrogen-bond acceptors (Lipinski definition) is 2. The Kier molecular flexibility index (Phi) is 5.96. The largest absolute Gasteiger partial charge is 0.396 e. The second-order valence-electron chi connectivity index (χ2n) is 4.85. The van der Waals surface area contributed by atoms with Crippen molar-refractivity contribution in [3.8, 4) is 0 Å². The van der Waals surface area contributed by atoms with Gasteiger partial charge in [0.15, 0.2) is 0 Å². The summed E-state index contributed by atoms with van der Waals surface area (Å²) in [7, 11) is 0. The Bertz CT molecular complexity index is 586. The van der Waals surface area contributed by atoms with Gasteiger partial charge in [-0.2, -0.15) is 0 Å². The highest BCUT2D eigenvalue weighted by Gasteiger charge is 2.14. The van der Waals surface area contributed by atoms with Gasteiger partial charge in [0.25, 0.3) is 0 Å². The molecule has 0 aliphatic carbocycles. The molecule has 2 aromatic rings. The van der Waals surface area contributed by atoms with Gasteiger partial charge < -0.3 is 10.4 Å². The lowest BCUT2D eigenvalue weighted by Gasteiger charge is -2.18. The molecule has 3 nitrogen and oxygen atoms in total. The highest BCUT2D eigenvalue weighted by Crippen LogP contribution is 2.17. The topological polar surface area (TPSA) is 49.3 Å². The quantitative estimate of drug-likeness (QED) is 0.842. The highest BCUT2D eigenvalue weighted by molar-refractivity contribution is 9.10. The van der Waals surface area contributed by atoms with Crippen molar-refractivity contribution < 1.29 is 9.90 Å². The third-order valence-corrected chi connectivity index (χ3v) is 3.70. The Morgan fingerprint density at radius 3 is 2.57 bits per heavy atom. The summed E-state index contributed by atoms with van der Waals surface area (Å²) in [6.07, 6.45) is 0.836. The first-order chi connectivity index (χ1) is 10.2. The summed E-state index contributed by atoms with van der Waals surface area (Å²) in [5.74, 6) is -0.0459. The predicted octanol–water partition coefficient (Wildman–Crippen LogP) is 3.23. The molecule has 0 heterocycles. The lowest BCUT2D eigenvalue weighted by molar-refractivity contribution is -0.121. The van der Waals surface area contributed by atoms with E-state index < -0.39 is 0 Å². The Labute approximate surface area is 133 Å². The fourth-order valence-corrected chi connectivity index (χ4v) is 2.66. The molecule has 1 atom stereocenters. The lowest BCUT2D eigenvalue weighted by Crippen LogP contribution is -2.30. The zero-order valence-electron chi connectivity index (χ0n) is 11.6. The minimum Gasteiger partial charge on any atom is -0.396 e. The number of aliphatic hydroxyl groups is 1. The number of nitrogens with one attached hydrogen (secondary N) is 1. The van der Waals surface area contributed by atoms with E-state index in [1.165, 1.54) is 0 Å². The molecule has 0 aromatic heterocycles. The molecule has 0 saturated carbocycles. The Balaban J connectivity index is 2.02. The summed E-state index contributed by atoms with van der Waals surface area (Å²) in [5, 5.41) is 12.2. The SMILES string of the molecule is O=C(Cc1cccc(Br)c1)NC(CCO)c1ccccc1. The monoisotopic (exact) mass is 347 g/mol. The summed E-state index contributed by atoms with van der Waals surface area (Å²) in [6, 6.07) is 17.3. The molecule has 2 aromatic carbocycles. The molecule has 0 fully saturated rings. The molecule has 0 aliphatic heterocycles. The highest BCUT2D eigenvalue weighted by atomic mass is 79.9. The van der Waals surface area contributed by atoms with Gasteiger partial charge in [0, 0.05) is 11.1 Å². The molecule has 2 rings (SSSR count). The van der Waals surface area contributed by atoms with E-state index in [9.17, 15) is 9.90 Å². The summed E-state index contributed by atoms with van der Waals surface area (Å²) in [5.41, 5.74) is 1.96. The smallest absolute Gasteiger partial charge is 0.224 e. The van der Waals surface area contributed by atoms with Crippen LogP contribution in [-0.4, -0.2) is 17.6 Å². The fraction of sp³-hybridized carbons (Fsp3) is 0.235. The Morgan fingerprint density at radius 1 is 1.14 bits per heavy atom. The maximum atomic E-state index is 12.2. The Morgan fingerprint density at radius 2 is 1.90 bits per heavy atom. The van der Waals surface area contributed by atoms with E-state index in [2.05, 4.69) is 21.2 Å². The van der Waals surface area contributed by atoms with E-state index >= 15 is 0 Å². The van der Waals surface area contributed by atoms with Crippen LogP contribution < -0.4 is 5.32 Å². The van der Waals surface area contributed by atoms with Crippen molar-refractivity contribution in [3.63, 3.8) is 0 Å². The first kappa shape index (κ1) is 15.7. The number of carbonyl (C=O) groups is 1. The van der Waals surface area contributed by atoms with Crippen LogP contribution in [0.5, 0.6) is 0 Å². The molecule has 4 heteroatoms.